The Balaban J connectivity index is 1.38. The maximum absolute atomic E-state index is 12.7. The predicted octanol–water partition coefficient (Wildman–Crippen LogP) is 3.17. The first-order chi connectivity index (χ1) is 14.3. The summed E-state index contributed by atoms with van der Waals surface area (Å²) in [4.78, 5) is 20.9. The van der Waals surface area contributed by atoms with Crippen molar-refractivity contribution >= 4 is 5.91 Å². The van der Waals surface area contributed by atoms with Gasteiger partial charge in [-0.05, 0) is 29.8 Å². The van der Waals surface area contributed by atoms with Crippen LogP contribution < -0.4 is 10.1 Å². The molecule has 4 rings (SSSR count). The van der Waals surface area contributed by atoms with Crippen LogP contribution in [-0.4, -0.2) is 25.7 Å². The summed E-state index contributed by atoms with van der Waals surface area (Å²) < 4.78 is 7.37. The smallest absolute Gasteiger partial charge is 0.251 e. The summed E-state index contributed by atoms with van der Waals surface area (Å²) in [7, 11) is 0. The van der Waals surface area contributed by atoms with Crippen LogP contribution in [0.5, 0.6) is 5.75 Å². The molecule has 0 aliphatic carbocycles. The topological polar surface area (TPSA) is 81.9 Å². The highest BCUT2D eigenvalue weighted by Gasteiger charge is 2.11. The Hall–Kier alpha value is -4.00. The maximum Gasteiger partial charge on any atom is 0.251 e. The zero-order valence-electron chi connectivity index (χ0n) is 15.6. The van der Waals surface area contributed by atoms with Crippen LogP contribution in [0.25, 0.3) is 5.82 Å². The van der Waals surface area contributed by atoms with Gasteiger partial charge in [0.15, 0.2) is 5.82 Å². The molecule has 2 aromatic heterocycles. The molecule has 0 radical (unpaired) electrons. The number of hydrogen-bond acceptors (Lipinski definition) is 5. The first-order valence-corrected chi connectivity index (χ1v) is 9.13. The molecule has 29 heavy (non-hydrogen) atoms. The monoisotopic (exact) mass is 385 g/mol. The standard InChI is InChI=1S/C22H19N5O2/c28-22(25-13-17-10-11-21(24-12-17)27-16-23-15-26-27)20-9-5-4-6-18(20)14-29-19-7-2-1-3-8-19/h1-12,15-16H,13-14H2,(H,25,28). The Bertz CT molecular complexity index is 1060. The van der Waals surface area contributed by atoms with E-state index in [-0.39, 0.29) is 5.91 Å². The molecule has 0 spiro atoms. The van der Waals surface area contributed by atoms with Gasteiger partial charge in [-0.3, -0.25) is 4.79 Å². The molecule has 0 saturated carbocycles. The summed E-state index contributed by atoms with van der Waals surface area (Å²) in [5.41, 5.74) is 2.31. The van der Waals surface area contributed by atoms with Gasteiger partial charge >= 0.3 is 0 Å². The van der Waals surface area contributed by atoms with Crippen LogP contribution in [0.3, 0.4) is 0 Å². The van der Waals surface area contributed by atoms with Gasteiger partial charge < -0.3 is 10.1 Å². The van der Waals surface area contributed by atoms with Gasteiger partial charge in [0.1, 0.15) is 25.0 Å². The lowest BCUT2D eigenvalue weighted by atomic mass is 10.1. The minimum absolute atomic E-state index is 0.155. The van der Waals surface area contributed by atoms with Crippen LogP contribution >= 0.6 is 0 Å². The molecule has 7 heteroatoms. The van der Waals surface area contributed by atoms with Crippen molar-refractivity contribution in [3.05, 3.63) is 102 Å². The van der Waals surface area contributed by atoms with E-state index in [1.165, 1.54) is 6.33 Å². The molecule has 2 heterocycles. The van der Waals surface area contributed by atoms with Crippen LogP contribution in [-0.2, 0) is 13.2 Å². The van der Waals surface area contributed by atoms with Crippen LogP contribution in [0.4, 0.5) is 0 Å². The van der Waals surface area contributed by atoms with Crippen molar-refractivity contribution < 1.29 is 9.53 Å². The van der Waals surface area contributed by atoms with E-state index < -0.39 is 0 Å². The van der Waals surface area contributed by atoms with Crippen molar-refractivity contribution in [2.45, 2.75) is 13.2 Å². The number of nitrogens with zero attached hydrogens (tertiary/aromatic N) is 4. The number of para-hydroxylation sites is 1. The number of amides is 1. The van der Waals surface area contributed by atoms with Crippen molar-refractivity contribution in [3.63, 3.8) is 0 Å². The molecule has 7 nitrogen and oxygen atoms in total. The third kappa shape index (κ3) is 4.65. The van der Waals surface area contributed by atoms with E-state index in [1.807, 2.05) is 60.7 Å². The van der Waals surface area contributed by atoms with Gasteiger partial charge in [-0.2, -0.15) is 5.10 Å². The molecule has 0 fully saturated rings. The molecule has 0 unspecified atom stereocenters. The number of rotatable bonds is 7. The first kappa shape index (κ1) is 18.4. The van der Waals surface area contributed by atoms with E-state index in [2.05, 4.69) is 20.4 Å². The highest BCUT2D eigenvalue weighted by atomic mass is 16.5. The van der Waals surface area contributed by atoms with Gasteiger partial charge in [0.05, 0.1) is 0 Å². The summed E-state index contributed by atoms with van der Waals surface area (Å²) in [6.45, 7) is 0.694. The minimum atomic E-state index is -0.155. The maximum atomic E-state index is 12.7. The van der Waals surface area contributed by atoms with Crippen LogP contribution in [0, 0.1) is 0 Å². The molecular formula is C22H19N5O2. The van der Waals surface area contributed by atoms with Crippen molar-refractivity contribution in [1.82, 2.24) is 25.1 Å². The van der Waals surface area contributed by atoms with Gasteiger partial charge in [-0.1, -0.05) is 42.5 Å². The average molecular weight is 385 g/mol. The number of carbonyl (C=O) groups is 1. The van der Waals surface area contributed by atoms with Gasteiger partial charge in [0.25, 0.3) is 5.91 Å². The zero-order chi connectivity index (χ0) is 19.9. The summed E-state index contributed by atoms with van der Waals surface area (Å²) >= 11 is 0. The highest BCUT2D eigenvalue weighted by molar-refractivity contribution is 5.95. The molecule has 2 aromatic carbocycles. The molecule has 144 valence electrons. The Labute approximate surface area is 168 Å². The molecule has 0 aliphatic rings. The van der Waals surface area contributed by atoms with Crippen molar-refractivity contribution in [3.8, 4) is 11.6 Å². The van der Waals surface area contributed by atoms with E-state index in [9.17, 15) is 4.79 Å². The molecule has 0 atom stereocenters. The summed E-state index contributed by atoms with van der Waals surface area (Å²) in [5, 5.41) is 6.98. The molecule has 0 bridgehead atoms. The quantitative estimate of drug-likeness (QED) is 0.528. The number of pyridine rings is 1. The molecule has 1 N–H and O–H groups in total. The number of ether oxygens (including phenoxy) is 1. The average Bonchev–Trinajstić information content (AvgIpc) is 3.32. The minimum Gasteiger partial charge on any atom is -0.489 e. The fraction of sp³-hybridized carbons (Fsp3) is 0.0909. The predicted molar refractivity (Wildman–Crippen MR) is 108 cm³/mol. The second-order valence-electron chi connectivity index (χ2n) is 6.31. The van der Waals surface area contributed by atoms with Gasteiger partial charge in [0, 0.05) is 23.9 Å². The van der Waals surface area contributed by atoms with E-state index in [1.54, 1.807) is 23.3 Å². The largest absolute Gasteiger partial charge is 0.489 e. The lowest BCUT2D eigenvalue weighted by molar-refractivity contribution is 0.0948. The fourth-order valence-electron chi connectivity index (χ4n) is 2.81. The highest BCUT2D eigenvalue weighted by Crippen LogP contribution is 2.15. The SMILES string of the molecule is O=C(NCc1ccc(-n2cncn2)nc1)c1ccccc1COc1ccccc1. The second-order valence-corrected chi connectivity index (χ2v) is 6.31. The van der Waals surface area contributed by atoms with E-state index >= 15 is 0 Å². The number of aromatic nitrogens is 4. The molecule has 1 amide bonds. The molecule has 4 aromatic rings. The number of nitrogens with one attached hydrogen (secondary N) is 1. The van der Waals surface area contributed by atoms with Crippen molar-refractivity contribution in [2.24, 2.45) is 0 Å². The van der Waals surface area contributed by atoms with Crippen LogP contribution in [0.15, 0.2) is 85.6 Å². The van der Waals surface area contributed by atoms with E-state index in [0.29, 0.717) is 24.5 Å². The van der Waals surface area contributed by atoms with Crippen LogP contribution in [0.1, 0.15) is 21.5 Å². The number of benzene rings is 2. The number of hydrogen-bond donors (Lipinski definition) is 1. The Morgan fingerprint density at radius 1 is 1.00 bits per heavy atom. The Morgan fingerprint density at radius 3 is 2.59 bits per heavy atom. The third-order valence-corrected chi connectivity index (χ3v) is 4.32. The van der Waals surface area contributed by atoms with Crippen molar-refractivity contribution in [1.29, 1.82) is 0 Å². The van der Waals surface area contributed by atoms with Gasteiger partial charge in [0.2, 0.25) is 0 Å². The Kier molecular flexibility index (Phi) is 5.57. The summed E-state index contributed by atoms with van der Waals surface area (Å²) in [6, 6.07) is 20.7. The number of carbonyl (C=O) groups excluding carboxylic acids is 1. The first-order valence-electron chi connectivity index (χ1n) is 9.13. The summed E-state index contributed by atoms with van der Waals surface area (Å²) in [5.74, 6) is 1.28. The lowest BCUT2D eigenvalue weighted by Crippen LogP contribution is -2.24. The fourth-order valence-corrected chi connectivity index (χ4v) is 2.81. The molecule has 0 aliphatic heterocycles. The third-order valence-electron chi connectivity index (χ3n) is 4.32. The lowest BCUT2D eigenvalue weighted by Gasteiger charge is -2.11. The normalized spacial score (nSPS) is 10.5. The Morgan fingerprint density at radius 2 is 1.83 bits per heavy atom. The van der Waals surface area contributed by atoms with Gasteiger partial charge in [-0.25, -0.2) is 14.6 Å². The molecular weight excluding hydrogens is 366 g/mol. The van der Waals surface area contributed by atoms with Crippen LogP contribution in [0.2, 0.25) is 0 Å². The second kappa shape index (κ2) is 8.79. The zero-order valence-corrected chi connectivity index (χ0v) is 15.6. The van der Waals surface area contributed by atoms with E-state index in [4.69, 9.17) is 4.74 Å². The van der Waals surface area contributed by atoms with Gasteiger partial charge in [-0.15, -0.1) is 0 Å². The van der Waals surface area contributed by atoms with E-state index in [0.717, 1.165) is 16.9 Å². The molecule has 0 saturated heterocycles. The summed E-state index contributed by atoms with van der Waals surface area (Å²) in [6.07, 6.45) is 4.74. The van der Waals surface area contributed by atoms with Crippen molar-refractivity contribution in [2.75, 3.05) is 0 Å².